The number of benzene rings is 1. The quantitative estimate of drug-likeness (QED) is 0.856. The Labute approximate surface area is 110 Å². The van der Waals surface area contributed by atoms with Crippen LogP contribution in [0.5, 0.6) is 11.5 Å². The van der Waals surface area contributed by atoms with E-state index in [0.717, 1.165) is 16.7 Å². The van der Waals surface area contributed by atoms with Crippen molar-refractivity contribution in [2.24, 2.45) is 0 Å². The standard InChI is InChI=1S/C14H14O3S/c1-3-17-11-7-5-4-6-10(11)13-12(8-15)18-9(2)14(13)16/h4-8,16H,3H2,1-2H3. The highest BCUT2D eigenvalue weighted by atomic mass is 32.1. The summed E-state index contributed by atoms with van der Waals surface area (Å²) in [5.41, 5.74) is 1.32. The molecule has 2 aromatic rings. The third kappa shape index (κ3) is 2.11. The number of hydrogen-bond acceptors (Lipinski definition) is 4. The van der Waals surface area contributed by atoms with Crippen LogP contribution in [-0.4, -0.2) is 18.0 Å². The van der Waals surface area contributed by atoms with Gasteiger partial charge in [0, 0.05) is 16.0 Å². The van der Waals surface area contributed by atoms with Crippen LogP contribution >= 0.6 is 11.3 Å². The molecule has 1 aromatic heterocycles. The van der Waals surface area contributed by atoms with Crippen LogP contribution in [0, 0.1) is 6.92 Å². The average molecular weight is 262 g/mol. The third-order valence-electron chi connectivity index (χ3n) is 2.64. The van der Waals surface area contributed by atoms with Gasteiger partial charge in [-0.05, 0) is 19.9 Å². The Morgan fingerprint density at radius 2 is 2.11 bits per heavy atom. The lowest BCUT2D eigenvalue weighted by molar-refractivity contribution is 0.112. The molecular formula is C14H14O3S. The molecule has 0 saturated carbocycles. The van der Waals surface area contributed by atoms with Crippen LogP contribution < -0.4 is 4.74 Å². The van der Waals surface area contributed by atoms with Gasteiger partial charge in [-0.1, -0.05) is 18.2 Å². The molecule has 1 aromatic carbocycles. The van der Waals surface area contributed by atoms with Gasteiger partial charge in [0.15, 0.2) is 6.29 Å². The van der Waals surface area contributed by atoms with Gasteiger partial charge in [0.1, 0.15) is 11.5 Å². The third-order valence-corrected chi connectivity index (χ3v) is 3.66. The second-order valence-corrected chi connectivity index (χ2v) is 5.05. The minimum absolute atomic E-state index is 0.161. The van der Waals surface area contributed by atoms with E-state index in [-0.39, 0.29) is 5.75 Å². The molecule has 0 bridgehead atoms. The van der Waals surface area contributed by atoms with Crippen LogP contribution in [0.4, 0.5) is 0 Å². The Balaban J connectivity index is 2.64. The molecular weight excluding hydrogens is 248 g/mol. The SMILES string of the molecule is CCOc1ccccc1-c1c(C=O)sc(C)c1O. The van der Waals surface area contributed by atoms with Crippen molar-refractivity contribution in [1.82, 2.24) is 0 Å². The molecule has 18 heavy (non-hydrogen) atoms. The Morgan fingerprint density at radius 3 is 2.78 bits per heavy atom. The smallest absolute Gasteiger partial charge is 0.160 e. The first-order chi connectivity index (χ1) is 8.69. The second-order valence-electron chi connectivity index (χ2n) is 3.79. The molecule has 0 atom stereocenters. The van der Waals surface area contributed by atoms with E-state index in [1.54, 1.807) is 6.92 Å². The molecule has 0 spiro atoms. The van der Waals surface area contributed by atoms with Crippen molar-refractivity contribution < 1.29 is 14.6 Å². The fourth-order valence-electron chi connectivity index (χ4n) is 1.85. The van der Waals surface area contributed by atoms with E-state index in [9.17, 15) is 9.90 Å². The number of aromatic hydroxyl groups is 1. The number of aryl methyl sites for hydroxylation is 1. The van der Waals surface area contributed by atoms with Crippen molar-refractivity contribution in [1.29, 1.82) is 0 Å². The lowest BCUT2D eigenvalue weighted by Crippen LogP contribution is -1.94. The minimum Gasteiger partial charge on any atom is -0.506 e. The number of rotatable bonds is 4. The van der Waals surface area contributed by atoms with Crippen LogP contribution in [0.3, 0.4) is 0 Å². The highest BCUT2D eigenvalue weighted by molar-refractivity contribution is 7.14. The second kappa shape index (κ2) is 5.23. The number of hydrogen-bond donors (Lipinski definition) is 1. The lowest BCUT2D eigenvalue weighted by Gasteiger charge is -2.10. The van der Waals surface area contributed by atoms with Gasteiger partial charge in [0.25, 0.3) is 0 Å². The Morgan fingerprint density at radius 1 is 1.39 bits per heavy atom. The van der Waals surface area contributed by atoms with E-state index < -0.39 is 0 Å². The number of thiophene rings is 1. The van der Waals surface area contributed by atoms with Gasteiger partial charge in [-0.3, -0.25) is 4.79 Å². The normalized spacial score (nSPS) is 10.3. The zero-order chi connectivity index (χ0) is 13.1. The maximum atomic E-state index is 11.1. The largest absolute Gasteiger partial charge is 0.506 e. The van der Waals surface area contributed by atoms with E-state index in [1.807, 2.05) is 31.2 Å². The average Bonchev–Trinajstić information content (AvgIpc) is 2.67. The van der Waals surface area contributed by atoms with Gasteiger partial charge in [0.05, 0.1) is 11.5 Å². The summed E-state index contributed by atoms with van der Waals surface area (Å²) in [6.07, 6.45) is 0.773. The van der Waals surface area contributed by atoms with E-state index in [1.165, 1.54) is 11.3 Å². The number of ether oxygens (including phenoxy) is 1. The molecule has 4 heteroatoms. The molecule has 2 rings (SSSR count). The number of carbonyl (C=O) groups excluding carboxylic acids is 1. The topological polar surface area (TPSA) is 46.5 Å². The zero-order valence-corrected chi connectivity index (χ0v) is 11.1. The lowest BCUT2D eigenvalue weighted by atomic mass is 10.0. The van der Waals surface area contributed by atoms with Gasteiger partial charge in [-0.25, -0.2) is 0 Å². The molecule has 1 heterocycles. The number of para-hydroxylation sites is 1. The summed E-state index contributed by atoms with van der Waals surface area (Å²) >= 11 is 1.29. The molecule has 0 aliphatic rings. The maximum Gasteiger partial charge on any atom is 0.160 e. The van der Waals surface area contributed by atoms with E-state index in [2.05, 4.69) is 0 Å². The molecule has 0 aliphatic carbocycles. The summed E-state index contributed by atoms with van der Waals surface area (Å²) in [7, 11) is 0. The molecule has 0 fully saturated rings. The first kappa shape index (κ1) is 12.6. The summed E-state index contributed by atoms with van der Waals surface area (Å²) in [5, 5.41) is 10.1. The Hall–Kier alpha value is -1.81. The van der Waals surface area contributed by atoms with Crippen molar-refractivity contribution in [3.05, 3.63) is 34.0 Å². The predicted octanol–water partition coefficient (Wildman–Crippen LogP) is 3.64. The monoisotopic (exact) mass is 262 g/mol. The summed E-state index contributed by atoms with van der Waals surface area (Å²) in [5.74, 6) is 0.838. The molecule has 1 N–H and O–H groups in total. The number of aldehydes is 1. The molecule has 0 saturated heterocycles. The summed E-state index contributed by atoms with van der Waals surface area (Å²) < 4.78 is 5.53. The van der Waals surface area contributed by atoms with E-state index in [0.29, 0.717) is 22.8 Å². The predicted molar refractivity (Wildman–Crippen MR) is 72.7 cm³/mol. The van der Waals surface area contributed by atoms with Crippen LogP contribution in [0.25, 0.3) is 11.1 Å². The fraction of sp³-hybridized carbons (Fsp3) is 0.214. The van der Waals surface area contributed by atoms with Gasteiger partial charge in [-0.2, -0.15) is 0 Å². The van der Waals surface area contributed by atoms with Crippen LogP contribution in [-0.2, 0) is 0 Å². The van der Waals surface area contributed by atoms with Crippen LogP contribution in [0.15, 0.2) is 24.3 Å². The first-order valence-corrected chi connectivity index (χ1v) is 6.50. The number of carbonyl (C=O) groups is 1. The molecule has 94 valence electrons. The summed E-state index contributed by atoms with van der Waals surface area (Å²) in [6.45, 7) is 4.23. The first-order valence-electron chi connectivity index (χ1n) is 5.68. The highest BCUT2D eigenvalue weighted by Crippen LogP contribution is 2.43. The van der Waals surface area contributed by atoms with Crippen LogP contribution in [0.2, 0.25) is 0 Å². The van der Waals surface area contributed by atoms with Crippen molar-refractivity contribution in [3.63, 3.8) is 0 Å². The van der Waals surface area contributed by atoms with E-state index >= 15 is 0 Å². The van der Waals surface area contributed by atoms with Crippen molar-refractivity contribution in [2.45, 2.75) is 13.8 Å². The van der Waals surface area contributed by atoms with Gasteiger partial charge >= 0.3 is 0 Å². The molecule has 0 amide bonds. The van der Waals surface area contributed by atoms with Gasteiger partial charge < -0.3 is 9.84 Å². The van der Waals surface area contributed by atoms with Crippen molar-refractivity contribution >= 4 is 17.6 Å². The molecule has 0 unspecified atom stereocenters. The molecule has 0 aliphatic heterocycles. The Bertz CT molecular complexity index is 572. The highest BCUT2D eigenvalue weighted by Gasteiger charge is 2.19. The molecule has 3 nitrogen and oxygen atoms in total. The zero-order valence-electron chi connectivity index (χ0n) is 10.3. The van der Waals surface area contributed by atoms with Crippen molar-refractivity contribution in [3.8, 4) is 22.6 Å². The van der Waals surface area contributed by atoms with E-state index in [4.69, 9.17) is 4.74 Å². The summed E-state index contributed by atoms with van der Waals surface area (Å²) in [4.78, 5) is 12.4. The molecule has 0 radical (unpaired) electrons. The maximum absolute atomic E-state index is 11.1. The fourth-order valence-corrected chi connectivity index (χ4v) is 2.74. The Kier molecular flexibility index (Phi) is 3.67. The van der Waals surface area contributed by atoms with Gasteiger partial charge in [-0.15, -0.1) is 11.3 Å². The summed E-state index contributed by atoms with van der Waals surface area (Å²) in [6, 6.07) is 7.41. The minimum atomic E-state index is 0.161. The van der Waals surface area contributed by atoms with Crippen molar-refractivity contribution in [2.75, 3.05) is 6.61 Å². The van der Waals surface area contributed by atoms with Crippen LogP contribution in [0.1, 0.15) is 21.5 Å². The van der Waals surface area contributed by atoms with Gasteiger partial charge in [0.2, 0.25) is 0 Å².